The molecule has 4 aromatic rings. The molecule has 0 radical (unpaired) electrons. The van der Waals surface area contributed by atoms with E-state index in [4.69, 9.17) is 72.2 Å². The minimum Gasteiger partial charge on any atom is -0.482 e. The average molecular weight is 1190 g/mol. The van der Waals surface area contributed by atoms with Crippen LogP contribution in [0.2, 0.25) is 0 Å². The highest BCUT2D eigenvalue weighted by atomic mass is 35.7. The van der Waals surface area contributed by atoms with Gasteiger partial charge in [-0.25, -0.2) is 36.0 Å². The number of para-hydroxylation sites is 1. The van der Waals surface area contributed by atoms with Gasteiger partial charge in [-0.2, -0.15) is 8.42 Å². The van der Waals surface area contributed by atoms with Gasteiger partial charge in [-0.05, 0) is 138 Å². The predicted molar refractivity (Wildman–Crippen MR) is 291 cm³/mol. The van der Waals surface area contributed by atoms with Gasteiger partial charge < -0.3 is 37.9 Å². The second-order valence-corrected chi connectivity index (χ2v) is 20.9. The third-order valence-corrected chi connectivity index (χ3v) is 10.7. The number of carbonyl (C=O) groups excluding carboxylic acids is 4. The molecule has 74 heavy (non-hydrogen) atoms. The fourth-order valence-electron chi connectivity index (χ4n) is 4.74. The van der Waals surface area contributed by atoms with Gasteiger partial charge >= 0.3 is 33.2 Å². The van der Waals surface area contributed by atoms with Crippen molar-refractivity contribution >= 4 is 96.0 Å². The van der Waals surface area contributed by atoms with Gasteiger partial charge in [0.2, 0.25) is 0 Å². The van der Waals surface area contributed by atoms with Gasteiger partial charge in [0, 0.05) is 36.9 Å². The van der Waals surface area contributed by atoms with Crippen molar-refractivity contribution in [3.05, 3.63) is 101 Å². The summed E-state index contributed by atoms with van der Waals surface area (Å²) in [4.78, 5) is 45.0. The van der Waals surface area contributed by atoms with E-state index in [0.29, 0.717) is 41.6 Å². The van der Waals surface area contributed by atoms with Gasteiger partial charge in [-0.3, -0.25) is 4.55 Å². The molecule has 0 atom stereocenters. The summed E-state index contributed by atoms with van der Waals surface area (Å²) >= 11 is 4.20. The van der Waals surface area contributed by atoms with Crippen molar-refractivity contribution in [2.24, 2.45) is 0 Å². The van der Waals surface area contributed by atoms with Gasteiger partial charge in [0.25, 0.3) is 18.1 Å². The fraction of sp³-hybridized carbons (Fsp3) is 0.417. The van der Waals surface area contributed by atoms with E-state index in [1.807, 2.05) is 50.2 Å². The molecule has 0 fully saturated rings. The van der Waals surface area contributed by atoms with Gasteiger partial charge in [-0.1, -0.05) is 47.9 Å². The highest BCUT2D eigenvalue weighted by Gasteiger charge is 2.14. The topological polar surface area (TPSA) is 265 Å². The summed E-state index contributed by atoms with van der Waals surface area (Å²) in [7, 11) is 2.77. The Morgan fingerprint density at radius 2 is 0.703 bits per heavy atom. The SMILES string of the molecule is C.C.C.C.CCOC(=O)COc1ccc(S(=O)(=O)Cl)cc1C.CCOC(=O)COc1ccc(S(=O)(=O)Cl)cc1C.CCOC(=O)COc1ccc(S)cc1C.CCOC(=O)COc1ccccc1C.O=S(=O)(O)Cl. The molecule has 26 heteroatoms. The zero-order chi connectivity index (χ0) is 53.7. The van der Waals surface area contributed by atoms with Gasteiger partial charge in [0.1, 0.15) is 23.0 Å². The molecule has 1 N–H and O–H groups in total. The van der Waals surface area contributed by atoms with Crippen molar-refractivity contribution in [1.82, 2.24) is 0 Å². The van der Waals surface area contributed by atoms with E-state index in [-0.39, 0.29) is 91.1 Å². The summed E-state index contributed by atoms with van der Waals surface area (Å²) in [5, 5.41) is 0. The molecular weight excluding hydrogens is 1120 g/mol. The van der Waals surface area contributed by atoms with Crippen molar-refractivity contribution in [2.45, 2.75) is 99.8 Å². The first-order valence-corrected chi connectivity index (χ1v) is 27.7. The Balaban J connectivity index is -0.000000273. The summed E-state index contributed by atoms with van der Waals surface area (Å²) < 4.78 is 109. The lowest BCUT2D eigenvalue weighted by molar-refractivity contribution is -0.146. The number of esters is 4. The van der Waals surface area contributed by atoms with Crippen molar-refractivity contribution in [3.8, 4) is 23.0 Å². The van der Waals surface area contributed by atoms with Crippen LogP contribution in [0.15, 0.2) is 93.5 Å². The van der Waals surface area contributed by atoms with Crippen LogP contribution in [0.3, 0.4) is 0 Å². The summed E-state index contributed by atoms with van der Waals surface area (Å²) in [6, 6.07) is 21.3. The molecule has 0 heterocycles. The summed E-state index contributed by atoms with van der Waals surface area (Å²) in [5.41, 5.74) is 3.10. The molecule has 0 bridgehead atoms. The third kappa shape index (κ3) is 36.8. The van der Waals surface area contributed by atoms with Crippen molar-refractivity contribution in [2.75, 3.05) is 52.9 Å². The number of ether oxygens (including phenoxy) is 8. The van der Waals surface area contributed by atoms with Crippen LogP contribution in [0.25, 0.3) is 0 Å². The van der Waals surface area contributed by atoms with Gasteiger partial charge in [0.05, 0.1) is 36.2 Å². The fourth-order valence-corrected chi connectivity index (χ4v) is 6.68. The molecule has 19 nitrogen and oxygen atoms in total. The van der Waals surface area contributed by atoms with Crippen LogP contribution >= 0.6 is 44.7 Å². The van der Waals surface area contributed by atoms with Crippen LogP contribution in [-0.2, 0) is 65.6 Å². The highest BCUT2D eigenvalue weighted by molar-refractivity contribution is 8.14. The van der Waals surface area contributed by atoms with Crippen LogP contribution in [0.5, 0.6) is 23.0 Å². The van der Waals surface area contributed by atoms with E-state index in [1.54, 1.807) is 47.6 Å². The normalized spacial score (nSPS) is 9.96. The zero-order valence-electron chi connectivity index (χ0n) is 39.3. The number of rotatable bonds is 18. The Labute approximate surface area is 456 Å². The molecule has 4 aromatic carbocycles. The van der Waals surface area contributed by atoms with Crippen LogP contribution < -0.4 is 18.9 Å². The van der Waals surface area contributed by atoms with Crippen LogP contribution in [0.4, 0.5) is 0 Å². The van der Waals surface area contributed by atoms with E-state index >= 15 is 0 Å². The first-order chi connectivity index (χ1) is 32.5. The van der Waals surface area contributed by atoms with Crippen molar-refractivity contribution in [1.29, 1.82) is 0 Å². The van der Waals surface area contributed by atoms with E-state index in [9.17, 15) is 36.0 Å². The molecule has 4 rings (SSSR count). The van der Waals surface area contributed by atoms with Gasteiger partial charge in [0.15, 0.2) is 26.4 Å². The van der Waals surface area contributed by atoms with Crippen LogP contribution in [0.1, 0.15) is 79.7 Å². The largest absolute Gasteiger partial charge is 0.482 e. The minimum absolute atomic E-state index is 0. The molecular formula is C48H71Cl3O19S4. The molecule has 0 unspecified atom stereocenters. The highest BCUT2D eigenvalue weighted by Crippen LogP contribution is 2.25. The third-order valence-electron chi connectivity index (χ3n) is 7.71. The Morgan fingerprint density at radius 3 is 0.946 bits per heavy atom. The molecule has 0 aliphatic rings. The smallest absolute Gasteiger partial charge is 0.353 e. The average Bonchev–Trinajstić information content (AvgIpc) is 3.25. The molecule has 0 saturated heterocycles. The Bertz CT molecular complexity index is 2540. The maximum absolute atomic E-state index is 11.1. The lowest BCUT2D eigenvalue weighted by Crippen LogP contribution is -2.15. The zero-order valence-corrected chi connectivity index (χ0v) is 44.9. The summed E-state index contributed by atoms with van der Waals surface area (Å²) in [6.45, 7) is 14.9. The van der Waals surface area contributed by atoms with Crippen molar-refractivity contribution in [3.63, 3.8) is 0 Å². The molecule has 0 aliphatic carbocycles. The standard InChI is InChI=1S/2C11H13ClO5S.C11H14O3S.C11H14O3.4CH4.ClHO3S/c2*1-3-16-11(13)7-17-10-5-4-9(6-8(10)2)18(12,14)15;1-3-13-11(12)7-14-10-5-4-9(15)6-8(10)2;1-3-13-11(12)8-14-10-7-5-4-6-9(10)2;;;;;1-5(2,3)4/h2*4-6H,3,7H2,1-2H3;4-6,15H,3,7H2,1-2H3;4-7H,3,8H2,1-2H3;4*1H4;(H,2,3,4). The molecule has 0 aliphatic heterocycles. The second-order valence-electron chi connectivity index (χ2n) is 13.2. The maximum Gasteiger partial charge on any atom is 0.353 e. The molecule has 0 aromatic heterocycles. The predicted octanol–water partition coefficient (Wildman–Crippen LogP) is 10.5. The number of aryl methyl sites for hydroxylation is 4. The lowest BCUT2D eigenvalue weighted by Gasteiger charge is -2.09. The quantitative estimate of drug-likeness (QED) is 0.0308. The van der Waals surface area contributed by atoms with E-state index < -0.39 is 39.4 Å². The van der Waals surface area contributed by atoms with Crippen molar-refractivity contribution < 1.29 is 86.9 Å². The number of thiol groups is 1. The minimum atomic E-state index is -4.19. The summed E-state index contributed by atoms with van der Waals surface area (Å²) in [6.07, 6.45) is 0. The molecule has 0 amide bonds. The first-order valence-electron chi connectivity index (χ1n) is 20.3. The number of benzene rings is 4. The number of hydrogen-bond acceptors (Lipinski definition) is 19. The van der Waals surface area contributed by atoms with Crippen LogP contribution in [-0.4, -0.2) is 107 Å². The monoisotopic (exact) mass is 1180 g/mol. The summed E-state index contributed by atoms with van der Waals surface area (Å²) in [5.74, 6) is 0.570. The molecule has 0 spiro atoms. The van der Waals surface area contributed by atoms with Gasteiger partial charge in [-0.15, -0.1) is 12.6 Å². The second kappa shape index (κ2) is 40.3. The molecule has 422 valence electrons. The Hall–Kier alpha value is -5.01. The van der Waals surface area contributed by atoms with E-state index in [0.717, 1.165) is 21.8 Å². The number of halogens is 3. The van der Waals surface area contributed by atoms with Crippen LogP contribution in [0, 0.1) is 27.7 Å². The van der Waals surface area contributed by atoms with E-state index in [1.165, 1.54) is 36.4 Å². The molecule has 0 saturated carbocycles. The number of hydrogen-bond donors (Lipinski definition) is 2. The lowest BCUT2D eigenvalue weighted by atomic mass is 10.2. The van der Waals surface area contributed by atoms with E-state index in [2.05, 4.69) is 23.3 Å². The number of carbonyl (C=O) groups is 4. The Morgan fingerprint density at radius 1 is 0.446 bits per heavy atom. The first kappa shape index (κ1) is 77.9. The maximum atomic E-state index is 11.1. The Kier molecular flexibility index (Phi) is 42.4.